The summed E-state index contributed by atoms with van der Waals surface area (Å²) in [6, 6.07) is 4.07. The number of hydrogen-bond donors (Lipinski definition) is 0. The Labute approximate surface area is 86.1 Å². The lowest BCUT2D eigenvalue weighted by Gasteiger charge is -2.18. The van der Waals surface area contributed by atoms with Gasteiger partial charge in [0, 0.05) is 22.9 Å². The Kier molecular flexibility index (Phi) is 3.04. The SMILES string of the molecule is CC.CC1=Nc2ncccc2C1(C)C. The van der Waals surface area contributed by atoms with Crippen LogP contribution in [0.15, 0.2) is 23.3 Å². The van der Waals surface area contributed by atoms with Crippen LogP contribution in [-0.2, 0) is 5.41 Å². The van der Waals surface area contributed by atoms with Gasteiger partial charge in [0.25, 0.3) is 0 Å². The van der Waals surface area contributed by atoms with Gasteiger partial charge in [-0.1, -0.05) is 33.8 Å². The smallest absolute Gasteiger partial charge is 0.155 e. The molecule has 76 valence electrons. The highest BCUT2D eigenvalue weighted by Crippen LogP contribution is 2.37. The van der Waals surface area contributed by atoms with Crippen LogP contribution in [0.1, 0.15) is 40.2 Å². The van der Waals surface area contributed by atoms with Gasteiger partial charge in [0.05, 0.1) is 0 Å². The van der Waals surface area contributed by atoms with Crippen molar-refractivity contribution in [1.82, 2.24) is 4.98 Å². The van der Waals surface area contributed by atoms with Crippen LogP contribution in [0, 0.1) is 0 Å². The van der Waals surface area contributed by atoms with Crippen molar-refractivity contribution in [3.05, 3.63) is 23.9 Å². The third kappa shape index (κ3) is 1.57. The first kappa shape index (κ1) is 10.9. The molecule has 0 fully saturated rings. The highest BCUT2D eigenvalue weighted by Gasteiger charge is 2.32. The Morgan fingerprint density at radius 3 is 2.43 bits per heavy atom. The Hall–Kier alpha value is -1.18. The number of rotatable bonds is 0. The van der Waals surface area contributed by atoms with E-state index in [1.165, 1.54) is 5.56 Å². The number of nitrogens with zero attached hydrogens (tertiary/aromatic N) is 2. The van der Waals surface area contributed by atoms with E-state index < -0.39 is 0 Å². The molecular weight excluding hydrogens is 172 g/mol. The molecule has 1 aliphatic rings. The van der Waals surface area contributed by atoms with Gasteiger partial charge in [-0.2, -0.15) is 0 Å². The molecule has 14 heavy (non-hydrogen) atoms. The minimum atomic E-state index is 0.0730. The lowest BCUT2D eigenvalue weighted by molar-refractivity contribution is 0.731. The van der Waals surface area contributed by atoms with E-state index in [4.69, 9.17) is 0 Å². The van der Waals surface area contributed by atoms with Crippen LogP contribution in [0.25, 0.3) is 0 Å². The van der Waals surface area contributed by atoms with Crippen LogP contribution < -0.4 is 0 Å². The molecule has 2 heteroatoms. The van der Waals surface area contributed by atoms with Crippen molar-refractivity contribution in [2.75, 3.05) is 0 Å². The lowest BCUT2D eigenvalue weighted by atomic mass is 9.83. The molecule has 0 amide bonds. The second-order valence-electron chi connectivity index (χ2n) is 3.70. The fourth-order valence-electron chi connectivity index (χ4n) is 1.47. The van der Waals surface area contributed by atoms with E-state index in [0.29, 0.717) is 0 Å². The first-order valence-corrected chi connectivity index (χ1v) is 5.13. The zero-order valence-electron chi connectivity index (χ0n) is 9.63. The maximum atomic E-state index is 4.41. The monoisotopic (exact) mass is 190 g/mol. The Balaban J connectivity index is 0.000000461. The van der Waals surface area contributed by atoms with Gasteiger partial charge in [-0.05, 0) is 13.0 Å². The molecule has 0 radical (unpaired) electrons. The summed E-state index contributed by atoms with van der Waals surface area (Å²) in [6.45, 7) is 10.4. The second-order valence-corrected chi connectivity index (χ2v) is 3.70. The molecule has 2 nitrogen and oxygen atoms in total. The van der Waals surface area contributed by atoms with Crippen LogP contribution in [0.2, 0.25) is 0 Å². The predicted molar refractivity (Wildman–Crippen MR) is 61.4 cm³/mol. The van der Waals surface area contributed by atoms with Crippen molar-refractivity contribution in [3.63, 3.8) is 0 Å². The topological polar surface area (TPSA) is 25.2 Å². The average Bonchev–Trinajstić information content (AvgIpc) is 2.42. The van der Waals surface area contributed by atoms with Gasteiger partial charge in [0.2, 0.25) is 0 Å². The van der Waals surface area contributed by atoms with Crippen LogP contribution in [-0.4, -0.2) is 10.7 Å². The number of aliphatic imine (C=N–C) groups is 1. The van der Waals surface area contributed by atoms with Gasteiger partial charge in [-0.25, -0.2) is 9.98 Å². The first-order valence-electron chi connectivity index (χ1n) is 5.13. The van der Waals surface area contributed by atoms with Crippen LogP contribution in [0.5, 0.6) is 0 Å². The van der Waals surface area contributed by atoms with Gasteiger partial charge in [0.1, 0.15) is 0 Å². The highest BCUT2D eigenvalue weighted by molar-refractivity contribution is 5.98. The minimum Gasteiger partial charge on any atom is -0.237 e. The van der Waals surface area contributed by atoms with Gasteiger partial charge < -0.3 is 0 Å². The number of aromatic nitrogens is 1. The third-order valence-electron chi connectivity index (χ3n) is 2.64. The summed E-state index contributed by atoms with van der Waals surface area (Å²) in [5.74, 6) is 0.889. The third-order valence-corrected chi connectivity index (χ3v) is 2.64. The summed E-state index contributed by atoms with van der Waals surface area (Å²) in [5, 5.41) is 0. The molecule has 0 aromatic carbocycles. The number of hydrogen-bond acceptors (Lipinski definition) is 2. The Bertz CT molecular complexity index is 351. The molecule has 0 saturated heterocycles. The molecule has 1 aliphatic heterocycles. The van der Waals surface area contributed by atoms with Gasteiger partial charge in [-0.3, -0.25) is 0 Å². The molecule has 2 heterocycles. The fraction of sp³-hybridized carbons (Fsp3) is 0.500. The molecule has 0 spiro atoms. The van der Waals surface area contributed by atoms with Gasteiger partial charge in [-0.15, -0.1) is 0 Å². The average molecular weight is 190 g/mol. The van der Waals surface area contributed by atoms with Crippen molar-refractivity contribution in [2.45, 2.75) is 40.0 Å². The normalized spacial score (nSPS) is 16.5. The van der Waals surface area contributed by atoms with E-state index in [1.54, 1.807) is 6.20 Å². The van der Waals surface area contributed by atoms with E-state index in [0.717, 1.165) is 11.5 Å². The van der Waals surface area contributed by atoms with Gasteiger partial charge in [0.15, 0.2) is 5.82 Å². The molecule has 1 aromatic rings. The highest BCUT2D eigenvalue weighted by atomic mass is 14.9. The summed E-state index contributed by atoms with van der Waals surface area (Å²) in [5.41, 5.74) is 2.46. The van der Waals surface area contributed by atoms with Crippen molar-refractivity contribution in [2.24, 2.45) is 4.99 Å². The molecule has 0 bridgehead atoms. The zero-order valence-corrected chi connectivity index (χ0v) is 9.63. The maximum absolute atomic E-state index is 4.41. The van der Waals surface area contributed by atoms with Crippen molar-refractivity contribution in [1.29, 1.82) is 0 Å². The van der Waals surface area contributed by atoms with Crippen molar-refractivity contribution < 1.29 is 0 Å². The molecule has 0 N–H and O–H groups in total. The first-order chi connectivity index (χ1) is 6.62. The second kappa shape index (κ2) is 3.91. The lowest BCUT2D eigenvalue weighted by Crippen LogP contribution is -2.22. The molecule has 0 atom stereocenters. The molecule has 2 rings (SSSR count). The van der Waals surface area contributed by atoms with Crippen molar-refractivity contribution >= 4 is 11.5 Å². The summed E-state index contributed by atoms with van der Waals surface area (Å²) in [7, 11) is 0. The molecule has 1 aromatic heterocycles. The maximum Gasteiger partial charge on any atom is 0.155 e. The van der Waals surface area contributed by atoms with E-state index in [9.17, 15) is 0 Å². The summed E-state index contributed by atoms with van der Waals surface area (Å²) < 4.78 is 0. The van der Waals surface area contributed by atoms with E-state index in [-0.39, 0.29) is 5.41 Å². The Morgan fingerprint density at radius 1 is 1.21 bits per heavy atom. The summed E-state index contributed by atoms with van der Waals surface area (Å²) in [4.78, 5) is 8.63. The minimum absolute atomic E-state index is 0.0730. The number of fused-ring (bicyclic) bond motifs is 1. The standard InChI is InChI=1S/C10H12N2.C2H6/c1-7-10(2,3)8-5-4-6-11-9(8)12-7;1-2/h4-6H,1-3H3;1-2H3. The van der Waals surface area contributed by atoms with Crippen LogP contribution in [0.4, 0.5) is 5.82 Å². The van der Waals surface area contributed by atoms with E-state index >= 15 is 0 Å². The van der Waals surface area contributed by atoms with E-state index in [1.807, 2.05) is 19.9 Å². The zero-order chi connectivity index (χ0) is 10.8. The van der Waals surface area contributed by atoms with Crippen molar-refractivity contribution in [3.8, 4) is 0 Å². The summed E-state index contributed by atoms with van der Waals surface area (Å²) >= 11 is 0. The Morgan fingerprint density at radius 2 is 1.86 bits per heavy atom. The summed E-state index contributed by atoms with van der Waals surface area (Å²) in [6.07, 6.45) is 1.79. The molecular formula is C12H18N2. The predicted octanol–water partition coefficient (Wildman–Crippen LogP) is 3.49. The fourth-order valence-corrected chi connectivity index (χ4v) is 1.47. The number of pyridine rings is 1. The van der Waals surface area contributed by atoms with Gasteiger partial charge >= 0.3 is 0 Å². The molecule has 0 unspecified atom stereocenters. The van der Waals surface area contributed by atoms with Crippen LogP contribution >= 0.6 is 0 Å². The quantitative estimate of drug-likeness (QED) is 0.614. The van der Waals surface area contributed by atoms with E-state index in [2.05, 4.69) is 36.8 Å². The largest absolute Gasteiger partial charge is 0.237 e. The molecule has 0 saturated carbocycles. The van der Waals surface area contributed by atoms with Crippen LogP contribution in [0.3, 0.4) is 0 Å². The molecule has 0 aliphatic carbocycles.